The molecule has 0 unspecified atom stereocenters. The Morgan fingerprint density at radius 1 is 1.41 bits per heavy atom. The maximum atomic E-state index is 11.6. The number of hydrogen-bond donors (Lipinski definition) is 1. The third kappa shape index (κ3) is 4.02. The Bertz CT molecular complexity index is 478. The number of nitrogens with one attached hydrogen (secondary N) is 1. The van der Waals surface area contributed by atoms with Crippen molar-refractivity contribution < 1.29 is 9.21 Å². The molecule has 3 nitrogen and oxygen atoms in total. The molecular formula is C12H12BrNO2S. The summed E-state index contributed by atoms with van der Waals surface area (Å²) in [6, 6.07) is 7.69. The van der Waals surface area contributed by atoms with Crippen LogP contribution in [-0.2, 0) is 17.8 Å². The minimum Gasteiger partial charge on any atom is -0.469 e. The van der Waals surface area contributed by atoms with Crippen molar-refractivity contribution in [1.29, 1.82) is 0 Å². The van der Waals surface area contributed by atoms with Crippen LogP contribution < -0.4 is 5.32 Å². The molecule has 0 aliphatic rings. The Morgan fingerprint density at radius 2 is 2.29 bits per heavy atom. The van der Waals surface area contributed by atoms with Gasteiger partial charge < -0.3 is 9.73 Å². The number of halogens is 1. The average Bonchev–Trinajstić information content (AvgIpc) is 2.95. The lowest BCUT2D eigenvalue weighted by atomic mass is 10.2. The van der Waals surface area contributed by atoms with Gasteiger partial charge in [0.2, 0.25) is 5.91 Å². The summed E-state index contributed by atoms with van der Waals surface area (Å²) >= 11 is 5.02. The van der Waals surface area contributed by atoms with E-state index >= 15 is 0 Å². The van der Waals surface area contributed by atoms with Crippen molar-refractivity contribution in [1.82, 2.24) is 5.32 Å². The van der Waals surface area contributed by atoms with Crippen molar-refractivity contribution in [3.05, 3.63) is 45.0 Å². The second-order valence-electron chi connectivity index (χ2n) is 3.56. The molecule has 0 saturated heterocycles. The van der Waals surface area contributed by atoms with E-state index in [0.29, 0.717) is 19.4 Å². The van der Waals surface area contributed by atoms with E-state index in [1.54, 1.807) is 17.6 Å². The van der Waals surface area contributed by atoms with Gasteiger partial charge in [0.15, 0.2) is 0 Å². The van der Waals surface area contributed by atoms with Gasteiger partial charge >= 0.3 is 0 Å². The minimum atomic E-state index is 0.0472. The van der Waals surface area contributed by atoms with Gasteiger partial charge in [-0.3, -0.25) is 4.79 Å². The maximum absolute atomic E-state index is 11.6. The van der Waals surface area contributed by atoms with E-state index in [1.165, 1.54) is 0 Å². The zero-order chi connectivity index (χ0) is 12.1. The monoisotopic (exact) mass is 313 g/mol. The van der Waals surface area contributed by atoms with Crippen molar-refractivity contribution in [2.24, 2.45) is 0 Å². The molecule has 0 atom stereocenters. The first kappa shape index (κ1) is 12.4. The van der Waals surface area contributed by atoms with Gasteiger partial charge in [0.05, 0.1) is 16.6 Å². The van der Waals surface area contributed by atoms with Crippen LogP contribution in [-0.4, -0.2) is 5.91 Å². The van der Waals surface area contributed by atoms with E-state index in [0.717, 1.165) is 14.4 Å². The highest BCUT2D eigenvalue weighted by Crippen LogP contribution is 2.21. The summed E-state index contributed by atoms with van der Waals surface area (Å²) in [5.74, 6) is 0.893. The van der Waals surface area contributed by atoms with Crippen molar-refractivity contribution in [2.45, 2.75) is 19.4 Å². The van der Waals surface area contributed by atoms with Crippen LogP contribution in [0.25, 0.3) is 0 Å². The third-order valence-corrected chi connectivity index (χ3v) is 3.89. The second-order valence-corrected chi connectivity index (χ2v) is 6.11. The number of carbonyl (C=O) groups excluding carboxylic acids is 1. The standard InChI is InChI=1S/C12H12BrNO2S/c13-11-5-4-10(17-11)8-14-12(15)6-3-9-2-1-7-16-9/h1-2,4-5,7H,3,6,8H2,(H,14,15). The predicted molar refractivity (Wildman–Crippen MR) is 70.9 cm³/mol. The topological polar surface area (TPSA) is 42.2 Å². The van der Waals surface area contributed by atoms with E-state index in [9.17, 15) is 4.79 Å². The fourth-order valence-corrected chi connectivity index (χ4v) is 2.84. The molecule has 90 valence electrons. The predicted octanol–water partition coefficient (Wildman–Crippen LogP) is 3.35. The maximum Gasteiger partial charge on any atom is 0.220 e. The molecule has 2 heterocycles. The molecule has 2 aromatic heterocycles. The first-order valence-corrected chi connectivity index (χ1v) is 6.88. The average molecular weight is 314 g/mol. The highest BCUT2D eigenvalue weighted by molar-refractivity contribution is 9.11. The van der Waals surface area contributed by atoms with Crippen LogP contribution >= 0.6 is 27.3 Å². The van der Waals surface area contributed by atoms with E-state index in [-0.39, 0.29) is 5.91 Å². The van der Waals surface area contributed by atoms with Crippen LogP contribution in [0.5, 0.6) is 0 Å². The lowest BCUT2D eigenvalue weighted by molar-refractivity contribution is -0.121. The van der Waals surface area contributed by atoms with Gasteiger partial charge in [-0.05, 0) is 40.2 Å². The fourth-order valence-electron chi connectivity index (χ4n) is 1.41. The molecule has 1 N–H and O–H groups in total. The van der Waals surface area contributed by atoms with Crippen LogP contribution in [0.2, 0.25) is 0 Å². The Kier molecular flexibility index (Phi) is 4.39. The normalized spacial score (nSPS) is 10.4. The molecule has 2 aromatic rings. The highest BCUT2D eigenvalue weighted by Gasteiger charge is 2.04. The van der Waals surface area contributed by atoms with Gasteiger partial charge in [-0.2, -0.15) is 0 Å². The summed E-state index contributed by atoms with van der Waals surface area (Å²) in [6.07, 6.45) is 2.73. The lowest BCUT2D eigenvalue weighted by Crippen LogP contribution is -2.22. The number of carbonyl (C=O) groups is 1. The quantitative estimate of drug-likeness (QED) is 0.919. The summed E-state index contributed by atoms with van der Waals surface area (Å²) < 4.78 is 6.25. The van der Waals surface area contributed by atoms with E-state index < -0.39 is 0 Å². The Balaban J connectivity index is 1.71. The zero-order valence-corrected chi connectivity index (χ0v) is 11.5. The van der Waals surface area contributed by atoms with Gasteiger partial charge in [-0.25, -0.2) is 0 Å². The molecule has 0 saturated carbocycles. The first-order chi connectivity index (χ1) is 8.24. The number of rotatable bonds is 5. The Morgan fingerprint density at radius 3 is 2.94 bits per heavy atom. The summed E-state index contributed by atoms with van der Waals surface area (Å²) in [5.41, 5.74) is 0. The van der Waals surface area contributed by atoms with E-state index in [1.807, 2.05) is 24.3 Å². The van der Waals surface area contributed by atoms with Crippen molar-refractivity contribution in [3.8, 4) is 0 Å². The van der Waals surface area contributed by atoms with E-state index in [4.69, 9.17) is 4.42 Å². The molecule has 0 aliphatic heterocycles. The van der Waals surface area contributed by atoms with E-state index in [2.05, 4.69) is 21.2 Å². The molecule has 0 radical (unpaired) electrons. The van der Waals surface area contributed by atoms with Gasteiger partial charge in [-0.15, -0.1) is 11.3 Å². The SMILES string of the molecule is O=C(CCc1ccco1)NCc1ccc(Br)s1. The summed E-state index contributed by atoms with van der Waals surface area (Å²) in [5, 5.41) is 2.88. The summed E-state index contributed by atoms with van der Waals surface area (Å²) in [7, 11) is 0. The molecule has 1 amide bonds. The van der Waals surface area contributed by atoms with Gasteiger partial charge in [-0.1, -0.05) is 0 Å². The molecular weight excluding hydrogens is 302 g/mol. The molecule has 0 aliphatic carbocycles. The molecule has 0 spiro atoms. The minimum absolute atomic E-state index is 0.0472. The lowest BCUT2D eigenvalue weighted by Gasteiger charge is -2.02. The van der Waals surface area contributed by atoms with Gasteiger partial charge in [0.1, 0.15) is 5.76 Å². The molecule has 17 heavy (non-hydrogen) atoms. The summed E-state index contributed by atoms with van der Waals surface area (Å²) in [4.78, 5) is 12.7. The number of amides is 1. The van der Waals surface area contributed by atoms with Gasteiger partial charge in [0.25, 0.3) is 0 Å². The third-order valence-electron chi connectivity index (χ3n) is 2.27. The van der Waals surface area contributed by atoms with Crippen molar-refractivity contribution >= 4 is 33.2 Å². The Hall–Kier alpha value is -1.07. The van der Waals surface area contributed by atoms with Crippen molar-refractivity contribution in [3.63, 3.8) is 0 Å². The number of hydrogen-bond acceptors (Lipinski definition) is 3. The van der Waals surface area contributed by atoms with Crippen LogP contribution in [0.4, 0.5) is 0 Å². The second kappa shape index (κ2) is 6.02. The smallest absolute Gasteiger partial charge is 0.220 e. The summed E-state index contributed by atoms with van der Waals surface area (Å²) in [6.45, 7) is 0.591. The molecule has 0 aromatic carbocycles. The number of furan rings is 1. The van der Waals surface area contributed by atoms with Crippen LogP contribution in [0, 0.1) is 0 Å². The largest absolute Gasteiger partial charge is 0.469 e. The Labute approximate surface area is 112 Å². The molecule has 0 fully saturated rings. The van der Waals surface area contributed by atoms with Crippen LogP contribution in [0.1, 0.15) is 17.1 Å². The number of thiophene rings is 1. The van der Waals surface area contributed by atoms with Gasteiger partial charge in [0, 0.05) is 17.7 Å². The molecule has 2 rings (SSSR count). The molecule has 0 bridgehead atoms. The van der Waals surface area contributed by atoms with Crippen LogP contribution in [0.3, 0.4) is 0 Å². The number of aryl methyl sites for hydroxylation is 1. The zero-order valence-electron chi connectivity index (χ0n) is 9.11. The fraction of sp³-hybridized carbons (Fsp3) is 0.250. The highest BCUT2D eigenvalue weighted by atomic mass is 79.9. The molecule has 5 heteroatoms. The van der Waals surface area contributed by atoms with Crippen molar-refractivity contribution in [2.75, 3.05) is 0 Å². The first-order valence-electron chi connectivity index (χ1n) is 5.27. The van der Waals surface area contributed by atoms with Crippen LogP contribution in [0.15, 0.2) is 38.7 Å².